The molecule has 0 spiro atoms. The third kappa shape index (κ3) is 5.00. The average Bonchev–Trinajstić information content (AvgIpc) is 3.41. The van der Waals surface area contributed by atoms with Crippen molar-refractivity contribution in [2.45, 2.75) is 57.0 Å². The minimum Gasteiger partial charge on any atom is -0.421 e. The molecule has 8 heteroatoms. The molecular weight excluding hydrogens is 474 g/mol. The SMILES string of the molecule is Cc1nnc(-c2ccc(N3CCC[C@H](C4(N)CCCCC4Nc4nccc(-c5ccccc5)n4)C3)cc2)o1. The third-order valence-corrected chi connectivity index (χ3v) is 8.22. The second-order valence-corrected chi connectivity index (χ2v) is 10.6. The van der Waals surface area contributed by atoms with Gasteiger partial charge in [0, 0.05) is 54.6 Å². The van der Waals surface area contributed by atoms with Crippen molar-refractivity contribution in [1.29, 1.82) is 0 Å². The zero-order valence-electron chi connectivity index (χ0n) is 21.9. The lowest BCUT2D eigenvalue weighted by Gasteiger charge is -2.50. The molecule has 8 nitrogen and oxygen atoms in total. The van der Waals surface area contributed by atoms with Crippen molar-refractivity contribution < 1.29 is 4.42 Å². The molecule has 38 heavy (non-hydrogen) atoms. The number of aryl methyl sites for hydroxylation is 1. The number of hydrogen-bond acceptors (Lipinski definition) is 8. The maximum Gasteiger partial charge on any atom is 0.247 e. The quantitative estimate of drug-likeness (QED) is 0.352. The highest BCUT2D eigenvalue weighted by Crippen LogP contribution is 2.39. The first-order valence-corrected chi connectivity index (χ1v) is 13.7. The molecule has 0 amide bonds. The lowest BCUT2D eigenvalue weighted by molar-refractivity contribution is 0.158. The summed E-state index contributed by atoms with van der Waals surface area (Å²) in [6, 6.07) is 20.8. The van der Waals surface area contributed by atoms with E-state index in [1.807, 2.05) is 30.5 Å². The van der Waals surface area contributed by atoms with Crippen molar-refractivity contribution in [2.24, 2.45) is 11.7 Å². The molecule has 6 rings (SSSR count). The Morgan fingerprint density at radius 1 is 0.947 bits per heavy atom. The van der Waals surface area contributed by atoms with Crippen LogP contribution in [0, 0.1) is 12.8 Å². The van der Waals surface area contributed by atoms with Crippen LogP contribution in [0.25, 0.3) is 22.7 Å². The molecular formula is C30H35N7O. The summed E-state index contributed by atoms with van der Waals surface area (Å²) in [5.41, 5.74) is 11.2. The van der Waals surface area contributed by atoms with Gasteiger partial charge in [-0.2, -0.15) is 0 Å². The summed E-state index contributed by atoms with van der Waals surface area (Å²) in [5.74, 6) is 2.17. The molecule has 1 saturated carbocycles. The smallest absolute Gasteiger partial charge is 0.247 e. The van der Waals surface area contributed by atoms with Crippen LogP contribution in [0.2, 0.25) is 0 Å². The minimum absolute atomic E-state index is 0.135. The van der Waals surface area contributed by atoms with Gasteiger partial charge in [-0.15, -0.1) is 10.2 Å². The van der Waals surface area contributed by atoms with Gasteiger partial charge in [0.15, 0.2) is 0 Å². The zero-order chi connectivity index (χ0) is 26.0. The molecule has 3 N–H and O–H groups in total. The Bertz CT molecular complexity index is 1360. The van der Waals surface area contributed by atoms with Gasteiger partial charge in [0.05, 0.1) is 5.69 Å². The lowest BCUT2D eigenvalue weighted by Crippen LogP contribution is -2.64. The van der Waals surface area contributed by atoms with E-state index in [0.29, 0.717) is 23.6 Å². The Hall–Kier alpha value is -3.78. The van der Waals surface area contributed by atoms with Crippen molar-refractivity contribution in [3.05, 3.63) is 72.8 Å². The number of hydrogen-bond donors (Lipinski definition) is 2. The first-order chi connectivity index (χ1) is 18.6. The summed E-state index contributed by atoms with van der Waals surface area (Å²) in [6.45, 7) is 3.78. The van der Waals surface area contributed by atoms with Gasteiger partial charge in [-0.05, 0) is 61.9 Å². The van der Waals surface area contributed by atoms with Crippen molar-refractivity contribution in [1.82, 2.24) is 20.2 Å². The van der Waals surface area contributed by atoms with Gasteiger partial charge < -0.3 is 20.4 Å². The number of nitrogens with one attached hydrogen (secondary N) is 1. The van der Waals surface area contributed by atoms with Gasteiger partial charge in [-0.3, -0.25) is 0 Å². The van der Waals surface area contributed by atoms with E-state index in [1.165, 1.54) is 12.1 Å². The van der Waals surface area contributed by atoms with Crippen molar-refractivity contribution >= 4 is 11.6 Å². The molecule has 2 unspecified atom stereocenters. The van der Waals surface area contributed by atoms with E-state index in [2.05, 4.69) is 61.8 Å². The number of rotatable bonds is 6. The molecule has 2 aliphatic rings. The monoisotopic (exact) mass is 509 g/mol. The van der Waals surface area contributed by atoms with E-state index in [0.717, 1.165) is 62.0 Å². The molecule has 1 aliphatic carbocycles. The number of aromatic nitrogens is 4. The summed E-state index contributed by atoms with van der Waals surface area (Å²) < 4.78 is 5.59. The fourth-order valence-electron chi connectivity index (χ4n) is 6.15. The normalized spacial score (nSPS) is 23.8. The fraction of sp³-hybridized carbons (Fsp3) is 0.400. The van der Waals surface area contributed by atoms with Gasteiger partial charge in [0.1, 0.15) is 0 Å². The van der Waals surface area contributed by atoms with Crippen LogP contribution in [-0.4, -0.2) is 44.8 Å². The van der Waals surface area contributed by atoms with E-state index < -0.39 is 0 Å². The van der Waals surface area contributed by atoms with E-state index in [-0.39, 0.29) is 11.6 Å². The Kier molecular flexibility index (Phi) is 6.81. The molecule has 0 bridgehead atoms. The minimum atomic E-state index is -0.315. The molecule has 1 aliphatic heterocycles. The molecule has 2 aromatic carbocycles. The molecule has 2 aromatic heterocycles. The standard InChI is InChI=1S/C30H35N7O/c1-21-35-36-28(38-21)23-12-14-25(15-13-23)37-19-7-10-24(20-37)30(31)17-6-5-11-27(30)34-29-32-18-16-26(33-29)22-8-3-2-4-9-22/h2-4,8-9,12-16,18,24,27H,5-7,10-11,17,19-20,31H2,1H3,(H,32,33,34)/t24-,27?,30?/m0/s1. The first-order valence-electron chi connectivity index (χ1n) is 13.7. The van der Waals surface area contributed by atoms with Crippen molar-refractivity contribution in [2.75, 3.05) is 23.3 Å². The second kappa shape index (κ2) is 10.5. The van der Waals surface area contributed by atoms with Crippen LogP contribution < -0.4 is 16.0 Å². The van der Waals surface area contributed by atoms with E-state index in [9.17, 15) is 0 Å². The largest absolute Gasteiger partial charge is 0.421 e. The van der Waals surface area contributed by atoms with E-state index in [4.69, 9.17) is 15.1 Å². The fourth-order valence-corrected chi connectivity index (χ4v) is 6.15. The highest BCUT2D eigenvalue weighted by molar-refractivity contribution is 5.60. The summed E-state index contributed by atoms with van der Waals surface area (Å²) in [4.78, 5) is 11.9. The van der Waals surface area contributed by atoms with Crippen LogP contribution in [0.4, 0.5) is 11.6 Å². The number of benzene rings is 2. The van der Waals surface area contributed by atoms with Gasteiger partial charge >= 0.3 is 0 Å². The van der Waals surface area contributed by atoms with Crippen LogP contribution in [0.3, 0.4) is 0 Å². The molecule has 2 fully saturated rings. The van der Waals surface area contributed by atoms with Crippen molar-refractivity contribution in [3.63, 3.8) is 0 Å². The summed E-state index contributed by atoms with van der Waals surface area (Å²) in [5, 5.41) is 11.8. The first kappa shape index (κ1) is 24.6. The number of anilines is 2. The highest BCUT2D eigenvalue weighted by atomic mass is 16.4. The lowest BCUT2D eigenvalue weighted by atomic mass is 9.67. The van der Waals surface area contributed by atoms with E-state index >= 15 is 0 Å². The summed E-state index contributed by atoms with van der Waals surface area (Å²) in [6.07, 6.45) is 8.47. The highest BCUT2D eigenvalue weighted by Gasteiger charge is 2.45. The van der Waals surface area contributed by atoms with Gasteiger partial charge in [-0.25, -0.2) is 9.97 Å². The molecule has 0 radical (unpaired) electrons. The number of nitrogens with zero attached hydrogens (tertiary/aromatic N) is 5. The van der Waals surface area contributed by atoms with Crippen LogP contribution in [0.15, 0.2) is 71.3 Å². The third-order valence-electron chi connectivity index (χ3n) is 8.22. The van der Waals surface area contributed by atoms with Crippen molar-refractivity contribution in [3.8, 4) is 22.7 Å². The molecule has 4 aromatic rings. The van der Waals surface area contributed by atoms with Crippen LogP contribution in [0.1, 0.15) is 44.4 Å². The number of nitrogens with two attached hydrogens (primary N) is 1. The maximum absolute atomic E-state index is 7.35. The Morgan fingerprint density at radius 2 is 1.79 bits per heavy atom. The Labute approximate surface area is 223 Å². The van der Waals surface area contributed by atoms with Crippen LogP contribution in [-0.2, 0) is 0 Å². The van der Waals surface area contributed by atoms with Crippen LogP contribution in [0.5, 0.6) is 0 Å². The number of piperidine rings is 1. The summed E-state index contributed by atoms with van der Waals surface area (Å²) >= 11 is 0. The van der Waals surface area contributed by atoms with Crippen LogP contribution >= 0.6 is 0 Å². The van der Waals surface area contributed by atoms with Gasteiger partial charge in [-0.1, -0.05) is 43.2 Å². The van der Waals surface area contributed by atoms with E-state index in [1.54, 1.807) is 6.92 Å². The summed E-state index contributed by atoms with van der Waals surface area (Å²) in [7, 11) is 0. The average molecular weight is 510 g/mol. The molecule has 196 valence electrons. The maximum atomic E-state index is 7.35. The molecule has 3 atom stereocenters. The van der Waals surface area contributed by atoms with Gasteiger partial charge in [0.25, 0.3) is 0 Å². The predicted molar refractivity (Wildman–Crippen MR) is 150 cm³/mol. The van der Waals surface area contributed by atoms with Gasteiger partial charge in [0.2, 0.25) is 17.7 Å². The Morgan fingerprint density at radius 3 is 2.58 bits per heavy atom. The molecule has 1 saturated heterocycles. The Balaban J connectivity index is 1.18. The predicted octanol–water partition coefficient (Wildman–Crippen LogP) is 5.47. The topological polar surface area (TPSA) is 106 Å². The molecule has 3 heterocycles. The second-order valence-electron chi connectivity index (χ2n) is 10.6. The zero-order valence-corrected chi connectivity index (χ0v) is 21.9.